The molecule has 0 saturated heterocycles. The van der Waals surface area contributed by atoms with Gasteiger partial charge < -0.3 is 10.0 Å². The Labute approximate surface area is 89.9 Å². The minimum atomic E-state index is 0.190. The van der Waals surface area contributed by atoms with Gasteiger partial charge in [-0.3, -0.25) is 0 Å². The van der Waals surface area contributed by atoms with Crippen LogP contribution in [-0.4, -0.2) is 17.1 Å². The number of aliphatic hydroxyl groups excluding tert-OH is 1. The Kier molecular flexibility index (Phi) is 1.64. The molecule has 2 nitrogen and oxygen atoms in total. The fourth-order valence-corrected chi connectivity index (χ4v) is 2.45. The van der Waals surface area contributed by atoms with E-state index in [1.54, 1.807) is 0 Å². The maximum absolute atomic E-state index is 10.0. The summed E-state index contributed by atoms with van der Waals surface area (Å²) in [6, 6.07) is 0. The summed E-state index contributed by atoms with van der Waals surface area (Å²) in [5.41, 5.74) is 3.97. The predicted molar refractivity (Wildman–Crippen MR) is 60.0 cm³/mol. The number of allylic oxidation sites excluding steroid dienone is 6. The predicted octanol–water partition coefficient (Wildman–Crippen LogP) is 2.74. The lowest BCUT2D eigenvalue weighted by Crippen LogP contribution is -2.07. The number of hydrogen-bond acceptors (Lipinski definition) is 2. The molecular weight excluding hydrogens is 186 g/mol. The average Bonchev–Trinajstić information content (AvgIpc) is 2.87. The summed E-state index contributed by atoms with van der Waals surface area (Å²) >= 11 is 0. The van der Waals surface area contributed by atoms with Crippen molar-refractivity contribution in [3.8, 4) is 0 Å². The van der Waals surface area contributed by atoms with E-state index < -0.39 is 0 Å². The van der Waals surface area contributed by atoms with Gasteiger partial charge in [-0.2, -0.15) is 0 Å². The van der Waals surface area contributed by atoms with Crippen molar-refractivity contribution in [1.82, 2.24) is 4.90 Å². The molecule has 15 heavy (non-hydrogen) atoms. The molecule has 0 aromatic rings. The van der Waals surface area contributed by atoms with Crippen LogP contribution in [0, 0.1) is 11.8 Å². The normalized spacial score (nSPS) is 32.8. The molecule has 78 valence electrons. The monoisotopic (exact) mass is 201 g/mol. The third-order valence-electron chi connectivity index (χ3n) is 3.50. The SMILES string of the molecule is CC1C=CC2=CC3=C(CC2C(O)=C1)N3C. The molecular formula is C13H15NO. The molecule has 1 N–H and O–H groups in total. The molecule has 1 heterocycles. The molecule has 3 rings (SSSR count). The fraction of sp³-hybridized carbons (Fsp3) is 0.385. The Bertz CT molecular complexity index is 439. The Morgan fingerprint density at radius 3 is 3.07 bits per heavy atom. The highest BCUT2D eigenvalue weighted by molar-refractivity contribution is 5.51. The van der Waals surface area contributed by atoms with E-state index in [1.165, 1.54) is 17.0 Å². The van der Waals surface area contributed by atoms with Gasteiger partial charge in [0.15, 0.2) is 0 Å². The van der Waals surface area contributed by atoms with Crippen molar-refractivity contribution in [2.75, 3.05) is 7.05 Å². The number of aliphatic hydroxyl groups is 1. The van der Waals surface area contributed by atoms with Crippen LogP contribution in [0.4, 0.5) is 0 Å². The van der Waals surface area contributed by atoms with E-state index in [1.807, 2.05) is 6.08 Å². The van der Waals surface area contributed by atoms with Crippen LogP contribution in [-0.2, 0) is 0 Å². The molecule has 0 amide bonds. The lowest BCUT2D eigenvalue weighted by atomic mass is 9.90. The van der Waals surface area contributed by atoms with Gasteiger partial charge in [0.05, 0.1) is 11.5 Å². The summed E-state index contributed by atoms with van der Waals surface area (Å²) in [5, 5.41) is 10.0. The van der Waals surface area contributed by atoms with Crippen molar-refractivity contribution in [2.45, 2.75) is 13.3 Å². The highest BCUT2D eigenvalue weighted by atomic mass is 16.3. The average molecular weight is 201 g/mol. The summed E-state index contributed by atoms with van der Waals surface area (Å²) < 4.78 is 0. The molecule has 0 saturated carbocycles. The number of nitrogens with zero attached hydrogens (tertiary/aromatic N) is 1. The van der Waals surface area contributed by atoms with E-state index in [0.29, 0.717) is 11.7 Å². The maximum Gasteiger partial charge on any atom is 0.0967 e. The van der Waals surface area contributed by atoms with Crippen LogP contribution in [0.25, 0.3) is 0 Å². The van der Waals surface area contributed by atoms with Gasteiger partial charge >= 0.3 is 0 Å². The molecule has 0 bridgehead atoms. The quantitative estimate of drug-likeness (QED) is 0.651. The van der Waals surface area contributed by atoms with E-state index in [2.05, 4.69) is 37.1 Å². The van der Waals surface area contributed by atoms with Crippen LogP contribution in [0.3, 0.4) is 0 Å². The smallest absolute Gasteiger partial charge is 0.0967 e. The van der Waals surface area contributed by atoms with Gasteiger partial charge in [0.2, 0.25) is 0 Å². The zero-order valence-electron chi connectivity index (χ0n) is 9.07. The Hall–Kier alpha value is -1.44. The second kappa shape index (κ2) is 2.78. The number of rotatable bonds is 0. The van der Waals surface area contributed by atoms with E-state index in [0.717, 1.165) is 6.42 Å². The topological polar surface area (TPSA) is 23.2 Å². The van der Waals surface area contributed by atoms with Crippen LogP contribution in [0.1, 0.15) is 13.3 Å². The third kappa shape index (κ3) is 1.24. The van der Waals surface area contributed by atoms with Crippen molar-refractivity contribution in [3.63, 3.8) is 0 Å². The Morgan fingerprint density at radius 1 is 1.47 bits per heavy atom. The summed E-state index contributed by atoms with van der Waals surface area (Å²) in [6.45, 7) is 2.09. The lowest BCUT2D eigenvalue weighted by molar-refractivity contribution is 0.345. The van der Waals surface area contributed by atoms with Crippen LogP contribution in [0.2, 0.25) is 0 Å². The second-order valence-corrected chi connectivity index (χ2v) is 4.60. The molecule has 0 aromatic carbocycles. The zero-order valence-corrected chi connectivity index (χ0v) is 9.07. The molecule has 0 aromatic heterocycles. The molecule has 2 aliphatic carbocycles. The van der Waals surface area contributed by atoms with E-state index >= 15 is 0 Å². The molecule has 2 heteroatoms. The van der Waals surface area contributed by atoms with Gasteiger partial charge in [0.1, 0.15) is 0 Å². The molecule has 3 aliphatic rings. The molecule has 1 aliphatic heterocycles. The number of likely N-dealkylation sites (N-methyl/N-ethyl adjacent to an activating group) is 1. The van der Waals surface area contributed by atoms with Crippen LogP contribution >= 0.6 is 0 Å². The van der Waals surface area contributed by atoms with E-state index in [9.17, 15) is 5.11 Å². The minimum Gasteiger partial charge on any atom is -0.512 e. The van der Waals surface area contributed by atoms with Gasteiger partial charge in [-0.25, -0.2) is 0 Å². The summed E-state index contributed by atoms with van der Waals surface area (Å²) in [5.74, 6) is 1.06. The van der Waals surface area contributed by atoms with Crippen molar-refractivity contribution >= 4 is 0 Å². The first kappa shape index (κ1) is 8.84. The number of fused-ring (bicyclic) bond motifs is 1. The van der Waals surface area contributed by atoms with Crippen LogP contribution in [0.5, 0.6) is 0 Å². The van der Waals surface area contributed by atoms with Gasteiger partial charge in [-0.1, -0.05) is 19.1 Å². The maximum atomic E-state index is 10.0. The molecule has 2 unspecified atom stereocenters. The first-order valence-corrected chi connectivity index (χ1v) is 5.44. The highest BCUT2D eigenvalue weighted by Crippen LogP contribution is 2.45. The van der Waals surface area contributed by atoms with E-state index in [4.69, 9.17) is 0 Å². The summed E-state index contributed by atoms with van der Waals surface area (Å²) in [6.07, 6.45) is 9.41. The summed E-state index contributed by atoms with van der Waals surface area (Å²) in [4.78, 5) is 2.20. The first-order chi connectivity index (χ1) is 7.16. The zero-order chi connectivity index (χ0) is 10.6. The van der Waals surface area contributed by atoms with Crippen LogP contribution < -0.4 is 0 Å². The highest BCUT2D eigenvalue weighted by Gasteiger charge is 2.37. The van der Waals surface area contributed by atoms with Gasteiger partial charge in [-0.15, -0.1) is 0 Å². The first-order valence-electron chi connectivity index (χ1n) is 5.44. The van der Waals surface area contributed by atoms with Gasteiger partial charge in [0.25, 0.3) is 0 Å². The molecule has 0 fully saturated rings. The fourth-order valence-electron chi connectivity index (χ4n) is 2.45. The third-order valence-corrected chi connectivity index (χ3v) is 3.50. The van der Waals surface area contributed by atoms with Crippen molar-refractivity contribution in [1.29, 1.82) is 0 Å². The standard InChI is InChI=1S/C13H15NO/c1-8-3-4-9-6-11-12(14(11)2)7-10(9)13(15)5-8/h3-6,8,10,15H,7H2,1-2H3. The Morgan fingerprint density at radius 2 is 2.27 bits per heavy atom. The molecule has 0 spiro atoms. The summed E-state index contributed by atoms with van der Waals surface area (Å²) in [7, 11) is 2.08. The Balaban J connectivity index is 2.00. The van der Waals surface area contributed by atoms with E-state index in [-0.39, 0.29) is 5.92 Å². The lowest BCUT2D eigenvalue weighted by Gasteiger charge is -2.16. The minimum absolute atomic E-state index is 0.190. The molecule has 0 radical (unpaired) electrons. The van der Waals surface area contributed by atoms with Gasteiger partial charge in [0, 0.05) is 25.1 Å². The van der Waals surface area contributed by atoms with Crippen molar-refractivity contribution in [3.05, 3.63) is 47.0 Å². The number of hydrogen-bond donors (Lipinski definition) is 1. The van der Waals surface area contributed by atoms with Crippen molar-refractivity contribution < 1.29 is 5.11 Å². The van der Waals surface area contributed by atoms with Crippen molar-refractivity contribution in [2.24, 2.45) is 11.8 Å². The second-order valence-electron chi connectivity index (χ2n) is 4.60. The van der Waals surface area contributed by atoms with Crippen LogP contribution in [0.15, 0.2) is 47.0 Å². The van der Waals surface area contributed by atoms with Gasteiger partial charge in [-0.05, 0) is 23.6 Å². The molecule has 2 atom stereocenters. The largest absolute Gasteiger partial charge is 0.512 e.